The van der Waals surface area contributed by atoms with E-state index in [9.17, 15) is 14.0 Å². The second kappa shape index (κ2) is 8.37. The number of fused-ring (bicyclic) bond motifs is 1. The van der Waals surface area contributed by atoms with Gasteiger partial charge in [-0.15, -0.1) is 0 Å². The second-order valence-electron chi connectivity index (χ2n) is 7.27. The topological polar surface area (TPSA) is 61.4 Å². The highest BCUT2D eigenvalue weighted by molar-refractivity contribution is 6.02. The Morgan fingerprint density at radius 3 is 2.50 bits per heavy atom. The minimum Gasteiger partial charge on any atom is -0.322 e. The third-order valence-electron chi connectivity index (χ3n) is 5.24. The van der Waals surface area contributed by atoms with Crippen LogP contribution in [0, 0.1) is 12.7 Å². The maximum atomic E-state index is 13.8. The molecule has 3 amide bonds. The van der Waals surface area contributed by atoms with Gasteiger partial charge in [0.1, 0.15) is 11.9 Å². The summed E-state index contributed by atoms with van der Waals surface area (Å²) in [4.78, 5) is 27.8. The highest BCUT2D eigenvalue weighted by Crippen LogP contribution is 2.30. The zero-order valence-electron chi connectivity index (χ0n) is 16.6. The zero-order chi connectivity index (χ0) is 21.1. The fourth-order valence-electron chi connectivity index (χ4n) is 3.63. The van der Waals surface area contributed by atoms with E-state index in [1.165, 1.54) is 6.07 Å². The monoisotopic (exact) mass is 403 g/mol. The van der Waals surface area contributed by atoms with Crippen LogP contribution in [0.4, 0.5) is 20.6 Å². The maximum absolute atomic E-state index is 13.8. The first-order valence-corrected chi connectivity index (χ1v) is 9.81. The van der Waals surface area contributed by atoms with Crippen molar-refractivity contribution in [1.82, 2.24) is 5.32 Å². The van der Waals surface area contributed by atoms with Crippen molar-refractivity contribution in [3.63, 3.8) is 0 Å². The molecule has 0 saturated heterocycles. The number of nitrogens with zero attached hydrogens (tertiary/aromatic N) is 1. The number of anilines is 2. The van der Waals surface area contributed by atoms with Gasteiger partial charge in [-0.2, -0.15) is 0 Å². The Morgan fingerprint density at radius 2 is 1.73 bits per heavy atom. The molecular weight excluding hydrogens is 381 g/mol. The van der Waals surface area contributed by atoms with Crippen molar-refractivity contribution >= 4 is 23.3 Å². The molecule has 0 unspecified atom stereocenters. The number of para-hydroxylation sites is 1. The van der Waals surface area contributed by atoms with Crippen LogP contribution in [0.3, 0.4) is 0 Å². The van der Waals surface area contributed by atoms with E-state index in [1.54, 1.807) is 36.1 Å². The van der Waals surface area contributed by atoms with Crippen molar-refractivity contribution in [3.05, 3.63) is 95.3 Å². The van der Waals surface area contributed by atoms with Crippen molar-refractivity contribution < 1.29 is 14.0 Å². The van der Waals surface area contributed by atoms with Crippen molar-refractivity contribution in [2.45, 2.75) is 19.4 Å². The van der Waals surface area contributed by atoms with E-state index in [2.05, 4.69) is 10.6 Å². The maximum Gasteiger partial charge on any atom is 0.320 e. The number of hydrogen-bond acceptors (Lipinski definition) is 2. The van der Waals surface area contributed by atoms with E-state index in [0.29, 0.717) is 23.4 Å². The van der Waals surface area contributed by atoms with Gasteiger partial charge in [-0.05, 0) is 48.2 Å². The molecule has 1 atom stereocenters. The van der Waals surface area contributed by atoms with Crippen molar-refractivity contribution in [3.8, 4) is 0 Å². The molecule has 0 fully saturated rings. The van der Waals surface area contributed by atoms with E-state index < -0.39 is 17.9 Å². The summed E-state index contributed by atoms with van der Waals surface area (Å²) in [6.07, 6.45) is 0.776. The molecule has 3 aromatic carbocycles. The molecule has 152 valence electrons. The van der Waals surface area contributed by atoms with Crippen LogP contribution < -0.4 is 15.5 Å². The van der Waals surface area contributed by atoms with Gasteiger partial charge < -0.3 is 15.5 Å². The van der Waals surface area contributed by atoms with Gasteiger partial charge in [0.25, 0.3) is 5.91 Å². The van der Waals surface area contributed by atoms with Gasteiger partial charge >= 0.3 is 6.03 Å². The van der Waals surface area contributed by atoms with Crippen LogP contribution in [0.15, 0.2) is 72.8 Å². The molecule has 1 aliphatic rings. The number of amides is 3. The smallest absolute Gasteiger partial charge is 0.320 e. The van der Waals surface area contributed by atoms with Gasteiger partial charge in [0.15, 0.2) is 0 Å². The van der Waals surface area contributed by atoms with Crippen LogP contribution in [-0.2, 0) is 11.2 Å². The Bertz CT molecular complexity index is 1080. The summed E-state index contributed by atoms with van der Waals surface area (Å²) in [6.45, 7) is 2.21. The van der Waals surface area contributed by atoms with E-state index in [4.69, 9.17) is 0 Å². The lowest BCUT2D eigenvalue weighted by Gasteiger charge is -2.25. The van der Waals surface area contributed by atoms with Crippen LogP contribution in [0.5, 0.6) is 0 Å². The van der Waals surface area contributed by atoms with Crippen LogP contribution in [0.25, 0.3) is 0 Å². The third-order valence-corrected chi connectivity index (χ3v) is 5.24. The number of hydrogen-bond donors (Lipinski definition) is 2. The molecule has 1 aliphatic heterocycles. The highest BCUT2D eigenvalue weighted by atomic mass is 19.1. The van der Waals surface area contributed by atoms with Gasteiger partial charge in [-0.25, -0.2) is 9.18 Å². The lowest BCUT2D eigenvalue weighted by atomic mass is 10.1. The molecule has 30 heavy (non-hydrogen) atoms. The summed E-state index contributed by atoms with van der Waals surface area (Å²) in [6, 6.07) is 19.9. The fraction of sp³-hybridized carbons (Fsp3) is 0.167. The average Bonchev–Trinajstić information content (AvgIpc) is 3.19. The predicted octanol–water partition coefficient (Wildman–Crippen LogP) is 4.59. The van der Waals surface area contributed by atoms with Crippen LogP contribution >= 0.6 is 0 Å². The highest BCUT2D eigenvalue weighted by Gasteiger charge is 2.32. The molecule has 0 radical (unpaired) electrons. The average molecular weight is 403 g/mol. The fourth-order valence-corrected chi connectivity index (χ4v) is 3.63. The van der Waals surface area contributed by atoms with Gasteiger partial charge in [-0.1, -0.05) is 54.6 Å². The first-order chi connectivity index (χ1) is 14.5. The summed E-state index contributed by atoms with van der Waals surface area (Å²) in [5.41, 5.74) is 3.47. The molecule has 0 spiro atoms. The minimum atomic E-state index is -0.868. The summed E-state index contributed by atoms with van der Waals surface area (Å²) < 4.78 is 13.8. The van der Waals surface area contributed by atoms with E-state index in [-0.39, 0.29) is 5.91 Å². The molecule has 4 rings (SSSR count). The van der Waals surface area contributed by atoms with Gasteiger partial charge in [0.2, 0.25) is 0 Å². The van der Waals surface area contributed by atoms with Crippen LogP contribution in [0.1, 0.15) is 22.7 Å². The number of benzene rings is 3. The van der Waals surface area contributed by atoms with Crippen LogP contribution in [0.2, 0.25) is 0 Å². The number of aryl methyl sites for hydroxylation is 1. The Balaban J connectivity index is 1.57. The van der Waals surface area contributed by atoms with Crippen molar-refractivity contribution in [2.24, 2.45) is 0 Å². The molecular formula is C24H22FN3O2. The lowest BCUT2D eigenvalue weighted by molar-refractivity contribution is -0.120. The molecule has 3 aromatic rings. The number of urea groups is 1. The summed E-state index contributed by atoms with van der Waals surface area (Å²) in [7, 11) is 0. The van der Waals surface area contributed by atoms with E-state index in [1.807, 2.05) is 42.5 Å². The summed E-state index contributed by atoms with van der Waals surface area (Å²) >= 11 is 0. The first-order valence-electron chi connectivity index (χ1n) is 9.81. The SMILES string of the molecule is Cc1ccc(NC(=O)N[C@@H](C(=O)N2CCc3ccccc32)c2ccccc2)cc1F. The molecule has 0 saturated carbocycles. The predicted molar refractivity (Wildman–Crippen MR) is 115 cm³/mol. The van der Waals surface area contributed by atoms with Gasteiger partial charge in [0, 0.05) is 17.9 Å². The number of carbonyl (C=O) groups is 2. The number of halogens is 1. The number of rotatable bonds is 4. The number of carbonyl (C=O) groups excluding carboxylic acids is 2. The number of nitrogens with one attached hydrogen (secondary N) is 2. The van der Waals surface area contributed by atoms with E-state index >= 15 is 0 Å². The summed E-state index contributed by atoms with van der Waals surface area (Å²) in [5, 5.41) is 5.37. The standard InChI is InChI=1S/C24H22FN3O2/c1-16-11-12-19(15-20(16)25)26-24(30)27-22(18-8-3-2-4-9-18)23(29)28-14-13-17-7-5-6-10-21(17)28/h2-12,15,22H,13-14H2,1H3,(H2,26,27,30)/t22-/m1/s1. The third kappa shape index (κ3) is 4.03. The Morgan fingerprint density at radius 1 is 1.00 bits per heavy atom. The Labute approximate surface area is 174 Å². The molecule has 0 bridgehead atoms. The quantitative estimate of drug-likeness (QED) is 0.670. The Hall–Kier alpha value is -3.67. The molecule has 0 aromatic heterocycles. The molecule has 1 heterocycles. The molecule has 0 aliphatic carbocycles. The summed E-state index contributed by atoms with van der Waals surface area (Å²) in [5.74, 6) is -0.617. The van der Waals surface area contributed by atoms with Crippen LogP contribution in [-0.4, -0.2) is 18.5 Å². The largest absolute Gasteiger partial charge is 0.322 e. The first kappa shape index (κ1) is 19.6. The minimum absolute atomic E-state index is 0.212. The Kier molecular flexibility index (Phi) is 5.48. The normalized spacial score (nSPS) is 13.5. The molecule has 5 nitrogen and oxygen atoms in total. The zero-order valence-corrected chi connectivity index (χ0v) is 16.6. The van der Waals surface area contributed by atoms with Gasteiger partial charge in [-0.3, -0.25) is 4.79 Å². The second-order valence-corrected chi connectivity index (χ2v) is 7.27. The lowest BCUT2D eigenvalue weighted by Crippen LogP contribution is -2.43. The molecule has 2 N–H and O–H groups in total. The molecule has 6 heteroatoms. The van der Waals surface area contributed by atoms with Crippen molar-refractivity contribution in [1.29, 1.82) is 0 Å². The van der Waals surface area contributed by atoms with Crippen molar-refractivity contribution in [2.75, 3.05) is 16.8 Å². The van der Waals surface area contributed by atoms with Gasteiger partial charge in [0.05, 0.1) is 0 Å². The van der Waals surface area contributed by atoms with E-state index in [0.717, 1.165) is 17.7 Å².